The van der Waals surface area contributed by atoms with E-state index in [1.165, 1.54) is 10.4 Å². The smallest absolute Gasteiger partial charge is 0.0757 e. The van der Waals surface area contributed by atoms with Crippen molar-refractivity contribution in [2.45, 2.75) is 25.7 Å². The topological polar surface area (TPSA) is 23.5 Å². The first kappa shape index (κ1) is 20.6. The molecule has 136 valence electrons. The van der Waals surface area contributed by atoms with Crippen LogP contribution in [-0.4, -0.2) is 41.5 Å². The molecule has 0 saturated carbocycles. The van der Waals surface area contributed by atoms with E-state index in [-0.39, 0.29) is 6.10 Å². The molecule has 1 unspecified atom stereocenters. The Morgan fingerprint density at radius 1 is 1.00 bits per heavy atom. The molecule has 2 aliphatic rings. The second-order valence-corrected chi connectivity index (χ2v) is 7.84. The molecule has 0 bridgehead atoms. The standard InChI is InChI=1S/C14H21Cl2NOS.C6H4/c1-3-17(4-2)8-13(18)10-19-9-11-5-6-12(15)7-14(11)16;1-2-6-4-3-5(1)6/h5-7,13,18H,3-4,8-10H2,1-2H3;1-4H. The Morgan fingerprint density at radius 2 is 1.60 bits per heavy atom. The second kappa shape index (κ2) is 10.4. The summed E-state index contributed by atoms with van der Waals surface area (Å²) in [5.74, 6) is 1.51. The maximum Gasteiger partial charge on any atom is 0.0757 e. The van der Waals surface area contributed by atoms with Gasteiger partial charge in [0.2, 0.25) is 0 Å². The van der Waals surface area contributed by atoms with Crippen LogP contribution in [0, 0.1) is 10.4 Å². The SMILES string of the molecule is CCN(CC)CC(O)CSCc1ccc(Cl)cc1Cl.c1cc2ccc1=2. The molecule has 0 radical (unpaired) electrons. The highest BCUT2D eigenvalue weighted by atomic mass is 35.5. The number of thioether (sulfide) groups is 1. The molecule has 0 heterocycles. The minimum atomic E-state index is -0.295. The summed E-state index contributed by atoms with van der Waals surface area (Å²) >= 11 is 13.7. The lowest BCUT2D eigenvalue weighted by atomic mass is 10.1. The lowest BCUT2D eigenvalue weighted by Crippen LogP contribution is -2.33. The number of hydrogen-bond acceptors (Lipinski definition) is 3. The third-order valence-corrected chi connectivity index (χ3v) is 5.89. The van der Waals surface area contributed by atoms with E-state index in [1.54, 1.807) is 17.8 Å². The van der Waals surface area contributed by atoms with E-state index < -0.39 is 0 Å². The summed E-state index contributed by atoms with van der Waals surface area (Å²) in [5.41, 5.74) is 1.06. The zero-order chi connectivity index (χ0) is 18.2. The van der Waals surface area contributed by atoms with Gasteiger partial charge in [-0.3, -0.25) is 0 Å². The van der Waals surface area contributed by atoms with Crippen molar-refractivity contribution in [3.63, 3.8) is 0 Å². The molecule has 1 atom stereocenters. The van der Waals surface area contributed by atoms with Crippen LogP contribution >= 0.6 is 35.0 Å². The van der Waals surface area contributed by atoms with Crippen LogP contribution in [0.1, 0.15) is 19.4 Å². The third-order valence-electron chi connectivity index (χ3n) is 4.16. The van der Waals surface area contributed by atoms with E-state index in [1.807, 2.05) is 12.1 Å². The van der Waals surface area contributed by atoms with Crippen molar-refractivity contribution in [1.29, 1.82) is 0 Å². The number of nitrogens with zero attached hydrogens (tertiary/aromatic N) is 1. The van der Waals surface area contributed by atoms with E-state index >= 15 is 0 Å². The van der Waals surface area contributed by atoms with Crippen LogP contribution in [-0.2, 0) is 5.75 Å². The zero-order valence-corrected chi connectivity index (χ0v) is 17.0. The summed E-state index contributed by atoms with van der Waals surface area (Å²) in [5, 5.41) is 14.2. The average molecular weight is 398 g/mol. The van der Waals surface area contributed by atoms with E-state index in [0.29, 0.717) is 10.0 Å². The van der Waals surface area contributed by atoms with Crippen LogP contribution < -0.4 is 0 Å². The summed E-state index contributed by atoms with van der Waals surface area (Å²) in [4.78, 5) is 2.22. The monoisotopic (exact) mass is 397 g/mol. The molecule has 2 aliphatic carbocycles. The molecule has 0 aliphatic heterocycles. The average Bonchev–Trinajstić information content (AvgIpc) is 2.58. The van der Waals surface area contributed by atoms with E-state index in [2.05, 4.69) is 43.0 Å². The first-order valence-corrected chi connectivity index (χ1v) is 10.5. The molecule has 1 aromatic carbocycles. The van der Waals surface area contributed by atoms with Gasteiger partial charge in [0.15, 0.2) is 0 Å². The van der Waals surface area contributed by atoms with Gasteiger partial charge in [0, 0.05) is 28.1 Å². The fourth-order valence-corrected chi connectivity index (χ4v) is 3.96. The zero-order valence-electron chi connectivity index (χ0n) is 14.7. The van der Waals surface area contributed by atoms with Crippen molar-refractivity contribution in [2.24, 2.45) is 0 Å². The normalized spacial score (nSPS) is 12.6. The molecule has 3 rings (SSSR count). The Kier molecular flexibility index (Phi) is 8.60. The van der Waals surface area contributed by atoms with E-state index in [4.69, 9.17) is 23.2 Å². The van der Waals surface area contributed by atoms with Crippen LogP contribution in [0.5, 0.6) is 0 Å². The van der Waals surface area contributed by atoms with Crippen molar-refractivity contribution >= 4 is 35.0 Å². The maximum absolute atomic E-state index is 9.96. The summed E-state index contributed by atoms with van der Waals surface area (Å²) in [6.07, 6.45) is -0.295. The number of likely N-dealkylation sites (N-methyl/N-ethyl adjacent to an activating group) is 1. The molecule has 1 N–H and O–H groups in total. The van der Waals surface area contributed by atoms with Gasteiger partial charge in [-0.25, -0.2) is 0 Å². The van der Waals surface area contributed by atoms with Crippen LogP contribution in [0.2, 0.25) is 10.0 Å². The molecular weight excluding hydrogens is 373 g/mol. The number of rotatable bonds is 8. The van der Waals surface area contributed by atoms with Crippen molar-refractivity contribution < 1.29 is 5.11 Å². The van der Waals surface area contributed by atoms with Gasteiger partial charge in [-0.2, -0.15) is 11.8 Å². The van der Waals surface area contributed by atoms with E-state index in [0.717, 1.165) is 36.7 Å². The molecule has 0 saturated heterocycles. The van der Waals surface area contributed by atoms with Crippen LogP contribution in [0.3, 0.4) is 0 Å². The number of halogens is 2. The van der Waals surface area contributed by atoms with Crippen molar-refractivity contribution in [3.05, 3.63) is 68.5 Å². The van der Waals surface area contributed by atoms with Gasteiger partial charge in [0.05, 0.1) is 6.10 Å². The molecular formula is C20H25Cl2NOS. The Balaban J connectivity index is 0.000000306. The van der Waals surface area contributed by atoms with Gasteiger partial charge in [-0.1, -0.05) is 67.4 Å². The third kappa shape index (κ3) is 6.50. The summed E-state index contributed by atoms with van der Waals surface area (Å²) in [7, 11) is 0. The van der Waals surface area contributed by atoms with Gasteiger partial charge in [0.1, 0.15) is 0 Å². The second-order valence-electron chi connectivity index (χ2n) is 5.97. The van der Waals surface area contributed by atoms with Gasteiger partial charge in [-0.05, 0) is 41.2 Å². The Labute approximate surface area is 164 Å². The van der Waals surface area contributed by atoms with Crippen molar-refractivity contribution in [1.82, 2.24) is 4.90 Å². The van der Waals surface area contributed by atoms with Crippen molar-refractivity contribution in [2.75, 3.05) is 25.4 Å². The highest BCUT2D eigenvalue weighted by molar-refractivity contribution is 7.98. The Morgan fingerprint density at radius 3 is 2.04 bits per heavy atom. The lowest BCUT2D eigenvalue weighted by molar-refractivity contribution is 0.137. The molecule has 2 nitrogen and oxygen atoms in total. The van der Waals surface area contributed by atoms with Gasteiger partial charge in [-0.15, -0.1) is 0 Å². The molecule has 0 spiro atoms. The maximum atomic E-state index is 9.96. The predicted molar refractivity (Wildman–Crippen MR) is 111 cm³/mol. The molecule has 0 amide bonds. The minimum Gasteiger partial charge on any atom is -0.391 e. The number of benzene rings is 2. The highest BCUT2D eigenvalue weighted by Gasteiger charge is 2.09. The first-order chi connectivity index (χ1) is 12.0. The first-order valence-electron chi connectivity index (χ1n) is 8.56. The molecule has 1 aromatic rings. The number of aliphatic hydroxyl groups is 1. The predicted octanol–water partition coefficient (Wildman–Crippen LogP) is 5.22. The fraction of sp³-hybridized carbons (Fsp3) is 0.400. The largest absolute Gasteiger partial charge is 0.391 e. The fourth-order valence-electron chi connectivity index (χ4n) is 2.44. The number of aliphatic hydroxyl groups excluding tert-OH is 1. The van der Waals surface area contributed by atoms with Crippen molar-refractivity contribution in [3.8, 4) is 0 Å². The number of hydrogen-bond donors (Lipinski definition) is 1. The molecule has 5 heteroatoms. The summed E-state index contributed by atoms with van der Waals surface area (Å²) in [6, 6.07) is 14.0. The van der Waals surface area contributed by atoms with Crippen LogP contribution in [0.4, 0.5) is 0 Å². The van der Waals surface area contributed by atoms with Crippen LogP contribution in [0.15, 0.2) is 42.5 Å². The molecule has 0 fully saturated rings. The van der Waals surface area contributed by atoms with Crippen LogP contribution in [0.25, 0.3) is 0 Å². The minimum absolute atomic E-state index is 0.295. The van der Waals surface area contributed by atoms with E-state index in [9.17, 15) is 5.11 Å². The quantitative estimate of drug-likeness (QED) is 0.563. The summed E-state index contributed by atoms with van der Waals surface area (Å²) < 4.78 is 0. The Hall–Kier alpha value is -0.710. The molecule has 25 heavy (non-hydrogen) atoms. The molecule has 0 aromatic heterocycles. The van der Waals surface area contributed by atoms with Gasteiger partial charge in [0.25, 0.3) is 0 Å². The summed E-state index contributed by atoms with van der Waals surface area (Å²) in [6.45, 7) is 6.89. The Bertz CT molecular complexity index is 714. The lowest BCUT2D eigenvalue weighted by Gasteiger charge is -2.21. The van der Waals surface area contributed by atoms with Gasteiger partial charge < -0.3 is 10.0 Å². The highest BCUT2D eigenvalue weighted by Crippen LogP contribution is 2.25. The van der Waals surface area contributed by atoms with Gasteiger partial charge >= 0.3 is 0 Å².